The van der Waals surface area contributed by atoms with Gasteiger partial charge in [0.2, 0.25) is 5.88 Å². The van der Waals surface area contributed by atoms with Crippen molar-refractivity contribution in [1.82, 2.24) is 15.2 Å². The standard InChI is InChI=1S/C32H51N3OSi/c1-4-5-23-32(2,3)24-13-14-26-37-36-31-29(18-15-25-33-31)30-22-21-28(34-35-30)17-12-10-8-6-7-9-11-16-27-19-20-27/h15,18,21-22,25,27H,4-14,16-17,19-20,23-24,26H2,1-3H3. The van der Waals surface area contributed by atoms with Crippen LogP contribution in [0.3, 0.4) is 0 Å². The van der Waals surface area contributed by atoms with Crippen LogP contribution < -0.4 is 4.43 Å². The third-order valence-corrected chi connectivity index (χ3v) is 8.66. The Hall–Kier alpha value is -1.75. The topological polar surface area (TPSA) is 47.9 Å². The highest BCUT2D eigenvalue weighted by atomic mass is 28.2. The summed E-state index contributed by atoms with van der Waals surface area (Å²) >= 11 is 0. The van der Waals surface area contributed by atoms with Crippen LogP contribution in [0.2, 0.25) is 6.04 Å². The van der Waals surface area contributed by atoms with Crippen LogP contribution in [-0.2, 0) is 6.42 Å². The molecule has 1 fully saturated rings. The lowest BCUT2D eigenvalue weighted by Crippen LogP contribution is -2.11. The zero-order chi connectivity index (χ0) is 26.2. The second kappa shape index (κ2) is 17.0. The van der Waals surface area contributed by atoms with Crippen molar-refractivity contribution in [3.63, 3.8) is 0 Å². The molecule has 0 spiro atoms. The van der Waals surface area contributed by atoms with Gasteiger partial charge in [0.05, 0.1) is 17.0 Å². The molecule has 1 aliphatic rings. The van der Waals surface area contributed by atoms with Crippen LogP contribution in [0.1, 0.15) is 129 Å². The van der Waals surface area contributed by atoms with Gasteiger partial charge in [-0.1, -0.05) is 104 Å². The summed E-state index contributed by atoms with van der Waals surface area (Å²) < 4.78 is 6.11. The molecule has 5 heteroatoms. The summed E-state index contributed by atoms with van der Waals surface area (Å²) in [4.78, 5) is 4.49. The molecule has 2 radical (unpaired) electrons. The summed E-state index contributed by atoms with van der Waals surface area (Å²) in [6.07, 6.45) is 24.6. The van der Waals surface area contributed by atoms with Crippen molar-refractivity contribution < 1.29 is 4.43 Å². The van der Waals surface area contributed by atoms with Crippen molar-refractivity contribution in [2.75, 3.05) is 0 Å². The van der Waals surface area contributed by atoms with E-state index in [1.54, 1.807) is 6.20 Å². The van der Waals surface area contributed by atoms with E-state index in [1.807, 2.05) is 12.1 Å². The van der Waals surface area contributed by atoms with Crippen molar-refractivity contribution in [1.29, 1.82) is 0 Å². The van der Waals surface area contributed by atoms with Crippen molar-refractivity contribution in [2.24, 2.45) is 11.3 Å². The van der Waals surface area contributed by atoms with Crippen LogP contribution in [0, 0.1) is 11.3 Å². The summed E-state index contributed by atoms with van der Waals surface area (Å²) in [5.74, 6) is 1.78. The SMILES string of the molecule is CCCCC(C)(C)CCCC[Si]Oc1ncccc1-c1ccc(CCCCCCCCCC2CC2)nn1. The molecule has 1 saturated carbocycles. The molecule has 0 amide bonds. The van der Waals surface area contributed by atoms with Crippen LogP contribution in [0.4, 0.5) is 0 Å². The van der Waals surface area contributed by atoms with Crippen LogP contribution in [0.5, 0.6) is 5.88 Å². The lowest BCUT2D eigenvalue weighted by Gasteiger charge is -2.24. The Morgan fingerprint density at radius 3 is 2.35 bits per heavy atom. The molecule has 3 rings (SSSR count). The van der Waals surface area contributed by atoms with Gasteiger partial charge in [-0.05, 0) is 67.3 Å². The summed E-state index contributed by atoms with van der Waals surface area (Å²) in [7, 11) is 0.433. The normalized spacial score (nSPS) is 13.7. The number of rotatable bonds is 21. The molecular formula is C32H51N3OSi. The van der Waals surface area contributed by atoms with Crippen LogP contribution in [0.15, 0.2) is 30.5 Å². The lowest BCUT2D eigenvalue weighted by atomic mass is 9.82. The molecule has 0 unspecified atom stereocenters. The molecule has 2 aromatic heterocycles. The highest BCUT2D eigenvalue weighted by Crippen LogP contribution is 2.34. The molecule has 37 heavy (non-hydrogen) atoms. The van der Waals surface area contributed by atoms with E-state index in [1.165, 1.54) is 103 Å². The third-order valence-electron chi connectivity index (χ3n) is 7.77. The van der Waals surface area contributed by atoms with Crippen molar-refractivity contribution in [3.05, 3.63) is 36.2 Å². The Balaban J connectivity index is 1.31. The average Bonchev–Trinajstić information content (AvgIpc) is 3.74. The maximum atomic E-state index is 6.11. The zero-order valence-electron chi connectivity index (χ0n) is 23.9. The van der Waals surface area contributed by atoms with Crippen molar-refractivity contribution in [2.45, 2.75) is 136 Å². The van der Waals surface area contributed by atoms with E-state index in [4.69, 9.17) is 4.43 Å². The van der Waals surface area contributed by atoms with Crippen LogP contribution in [-0.4, -0.2) is 24.9 Å². The van der Waals surface area contributed by atoms with Gasteiger partial charge in [0.25, 0.3) is 0 Å². The molecule has 4 nitrogen and oxygen atoms in total. The number of unbranched alkanes of at least 4 members (excludes halogenated alkanes) is 8. The number of hydrogen-bond acceptors (Lipinski definition) is 4. The fourth-order valence-corrected chi connectivity index (χ4v) is 5.83. The Morgan fingerprint density at radius 1 is 0.865 bits per heavy atom. The quantitative estimate of drug-likeness (QED) is 0.121. The zero-order valence-corrected chi connectivity index (χ0v) is 24.9. The Bertz CT molecular complexity index is 867. The van der Waals surface area contributed by atoms with E-state index in [0.717, 1.165) is 35.3 Å². The Morgan fingerprint density at radius 2 is 1.62 bits per heavy atom. The van der Waals surface area contributed by atoms with E-state index in [9.17, 15) is 0 Å². The molecule has 0 atom stereocenters. The summed E-state index contributed by atoms with van der Waals surface area (Å²) in [6, 6.07) is 9.28. The Kier molecular flexibility index (Phi) is 13.7. The molecular weight excluding hydrogens is 470 g/mol. The molecule has 0 bridgehead atoms. The molecule has 0 saturated heterocycles. The predicted octanol–water partition coefficient (Wildman–Crippen LogP) is 9.41. The molecule has 2 aromatic rings. The number of pyridine rings is 1. The third kappa shape index (κ3) is 12.6. The number of aryl methyl sites for hydroxylation is 1. The van der Waals surface area contributed by atoms with Gasteiger partial charge in [-0.2, -0.15) is 10.2 Å². The maximum absolute atomic E-state index is 6.11. The molecule has 0 N–H and O–H groups in total. The number of aromatic nitrogens is 3. The first-order valence-corrected chi connectivity index (χ1v) is 16.4. The summed E-state index contributed by atoms with van der Waals surface area (Å²) in [5.41, 5.74) is 3.34. The fourth-order valence-electron chi connectivity index (χ4n) is 5.03. The van der Waals surface area contributed by atoms with Gasteiger partial charge in [-0.25, -0.2) is 4.98 Å². The van der Waals surface area contributed by atoms with Crippen molar-refractivity contribution >= 4 is 9.76 Å². The van der Waals surface area contributed by atoms with E-state index in [-0.39, 0.29) is 0 Å². The largest absolute Gasteiger partial charge is 0.528 e. The monoisotopic (exact) mass is 521 g/mol. The van der Waals surface area contributed by atoms with Gasteiger partial charge in [0.1, 0.15) is 0 Å². The van der Waals surface area contributed by atoms with Gasteiger partial charge >= 0.3 is 9.76 Å². The van der Waals surface area contributed by atoms with Gasteiger partial charge in [0.15, 0.2) is 0 Å². The maximum Gasteiger partial charge on any atom is 0.312 e. The summed E-state index contributed by atoms with van der Waals surface area (Å²) in [6.45, 7) is 7.10. The van der Waals surface area contributed by atoms with E-state index in [0.29, 0.717) is 21.1 Å². The highest BCUT2D eigenvalue weighted by Gasteiger charge is 2.20. The van der Waals surface area contributed by atoms with Gasteiger partial charge in [-0.3, -0.25) is 0 Å². The minimum Gasteiger partial charge on any atom is -0.528 e. The minimum absolute atomic E-state index is 0.433. The highest BCUT2D eigenvalue weighted by molar-refractivity contribution is 6.28. The second-order valence-electron chi connectivity index (χ2n) is 11.9. The first-order valence-electron chi connectivity index (χ1n) is 15.2. The van der Waals surface area contributed by atoms with E-state index < -0.39 is 0 Å². The molecule has 2 heterocycles. The average molecular weight is 522 g/mol. The molecule has 1 aliphatic carbocycles. The molecule has 0 aliphatic heterocycles. The molecule has 0 aromatic carbocycles. The van der Waals surface area contributed by atoms with Gasteiger partial charge in [0, 0.05) is 6.20 Å². The number of hydrogen-bond donors (Lipinski definition) is 0. The van der Waals surface area contributed by atoms with Crippen molar-refractivity contribution in [3.8, 4) is 17.1 Å². The van der Waals surface area contributed by atoms with Crippen LogP contribution in [0.25, 0.3) is 11.3 Å². The molecule has 204 valence electrons. The minimum atomic E-state index is 0.433. The fraction of sp³-hybridized carbons (Fsp3) is 0.719. The second-order valence-corrected chi connectivity index (χ2v) is 12.9. The first-order chi connectivity index (χ1) is 18.1. The number of nitrogens with zero attached hydrogens (tertiary/aromatic N) is 3. The Labute approximate surface area is 229 Å². The predicted molar refractivity (Wildman–Crippen MR) is 157 cm³/mol. The van der Waals surface area contributed by atoms with E-state index in [2.05, 4.69) is 48.1 Å². The van der Waals surface area contributed by atoms with Gasteiger partial charge in [-0.15, -0.1) is 0 Å². The first kappa shape index (κ1) is 29.8. The van der Waals surface area contributed by atoms with Gasteiger partial charge < -0.3 is 4.43 Å². The van der Waals surface area contributed by atoms with Crippen LogP contribution >= 0.6 is 0 Å². The smallest absolute Gasteiger partial charge is 0.312 e. The summed E-state index contributed by atoms with van der Waals surface area (Å²) in [5, 5.41) is 9.03. The van der Waals surface area contributed by atoms with E-state index >= 15 is 0 Å². The lowest BCUT2D eigenvalue weighted by molar-refractivity contribution is 0.288.